The Balaban J connectivity index is 3.23. The molecule has 0 aliphatic rings. The standard InChI is InChI=1S/C11H15N5O5/c1-4-6-21-10-13-8(12-3)7(16(18)19)9(14-10)15-11(17)20-5-2/h4H,1,5-6H2,2-3H3,(H2,12,13,14,15,17). The molecule has 21 heavy (non-hydrogen) atoms. The molecule has 0 spiro atoms. The molecule has 0 bridgehead atoms. The maximum atomic E-state index is 11.4. The van der Waals surface area contributed by atoms with Gasteiger partial charge in [0.25, 0.3) is 0 Å². The molecule has 0 aliphatic heterocycles. The molecule has 114 valence electrons. The molecule has 10 heteroatoms. The fourth-order valence-electron chi connectivity index (χ4n) is 1.33. The summed E-state index contributed by atoms with van der Waals surface area (Å²) in [5, 5.41) is 15.8. The average Bonchev–Trinajstić information content (AvgIpc) is 2.44. The summed E-state index contributed by atoms with van der Waals surface area (Å²) < 4.78 is 9.78. The van der Waals surface area contributed by atoms with E-state index in [9.17, 15) is 14.9 Å². The molecule has 0 unspecified atom stereocenters. The lowest BCUT2D eigenvalue weighted by molar-refractivity contribution is -0.383. The van der Waals surface area contributed by atoms with Crippen LogP contribution in [0.25, 0.3) is 0 Å². The number of nitrogens with one attached hydrogen (secondary N) is 2. The Labute approximate surface area is 120 Å². The first-order valence-corrected chi connectivity index (χ1v) is 5.95. The van der Waals surface area contributed by atoms with Gasteiger partial charge in [-0.2, -0.15) is 9.97 Å². The largest absolute Gasteiger partial charge is 0.459 e. The molecule has 10 nitrogen and oxygen atoms in total. The topological polar surface area (TPSA) is 129 Å². The molecule has 1 heterocycles. The lowest BCUT2D eigenvalue weighted by Gasteiger charge is -2.10. The number of ether oxygens (including phenoxy) is 2. The van der Waals surface area contributed by atoms with Gasteiger partial charge < -0.3 is 14.8 Å². The smallest absolute Gasteiger partial charge is 0.412 e. The normalized spacial score (nSPS) is 9.62. The van der Waals surface area contributed by atoms with Crippen molar-refractivity contribution in [3.8, 4) is 6.01 Å². The van der Waals surface area contributed by atoms with Gasteiger partial charge in [0.1, 0.15) is 6.61 Å². The van der Waals surface area contributed by atoms with Gasteiger partial charge in [0.2, 0.25) is 11.6 Å². The monoisotopic (exact) mass is 297 g/mol. The number of nitrogens with zero attached hydrogens (tertiary/aromatic N) is 3. The van der Waals surface area contributed by atoms with E-state index in [0.717, 1.165) is 0 Å². The molecule has 2 N–H and O–H groups in total. The highest BCUT2D eigenvalue weighted by Gasteiger charge is 2.26. The second-order valence-electron chi connectivity index (χ2n) is 3.50. The van der Waals surface area contributed by atoms with Crippen molar-refractivity contribution < 1.29 is 19.2 Å². The number of hydrogen-bond acceptors (Lipinski definition) is 8. The highest BCUT2D eigenvalue weighted by Crippen LogP contribution is 2.31. The van der Waals surface area contributed by atoms with Gasteiger partial charge >= 0.3 is 17.8 Å². The molecule has 0 fully saturated rings. The van der Waals surface area contributed by atoms with Crippen molar-refractivity contribution in [3.05, 3.63) is 22.8 Å². The Bertz CT molecular complexity index is 548. The molecule has 1 rings (SSSR count). The fraction of sp³-hybridized carbons (Fsp3) is 0.364. The summed E-state index contributed by atoms with van der Waals surface area (Å²) in [4.78, 5) is 29.4. The number of anilines is 2. The van der Waals surface area contributed by atoms with Gasteiger partial charge in [-0.25, -0.2) is 4.79 Å². The molecule has 1 aromatic rings. The highest BCUT2D eigenvalue weighted by molar-refractivity contribution is 5.88. The summed E-state index contributed by atoms with van der Waals surface area (Å²) in [5.41, 5.74) is -0.489. The van der Waals surface area contributed by atoms with Crippen molar-refractivity contribution >= 4 is 23.4 Å². The minimum atomic E-state index is -0.865. The highest BCUT2D eigenvalue weighted by atomic mass is 16.6. The van der Waals surface area contributed by atoms with Crippen molar-refractivity contribution in [3.63, 3.8) is 0 Å². The lowest BCUT2D eigenvalue weighted by atomic mass is 10.4. The molecule has 0 saturated heterocycles. The van der Waals surface area contributed by atoms with Crippen molar-refractivity contribution in [2.24, 2.45) is 0 Å². The van der Waals surface area contributed by atoms with Crippen LogP contribution in [0, 0.1) is 10.1 Å². The Morgan fingerprint density at radius 1 is 1.48 bits per heavy atom. The summed E-state index contributed by atoms with van der Waals surface area (Å²) >= 11 is 0. The van der Waals surface area contributed by atoms with E-state index in [1.165, 1.54) is 13.1 Å². The van der Waals surface area contributed by atoms with Gasteiger partial charge in [0, 0.05) is 7.05 Å². The summed E-state index contributed by atoms with van der Waals surface area (Å²) in [7, 11) is 1.45. The van der Waals surface area contributed by atoms with Crippen LogP contribution in [0.4, 0.5) is 22.1 Å². The van der Waals surface area contributed by atoms with E-state index < -0.39 is 16.7 Å². The van der Waals surface area contributed by atoms with Gasteiger partial charge in [-0.1, -0.05) is 12.7 Å². The number of amides is 1. The van der Waals surface area contributed by atoms with Gasteiger partial charge in [0.05, 0.1) is 11.5 Å². The first-order valence-electron chi connectivity index (χ1n) is 5.95. The fourth-order valence-corrected chi connectivity index (χ4v) is 1.33. The molecule has 0 aliphatic carbocycles. The predicted octanol–water partition coefficient (Wildman–Crippen LogP) is 1.56. The Morgan fingerprint density at radius 3 is 2.67 bits per heavy atom. The van der Waals surface area contributed by atoms with Gasteiger partial charge in [-0.3, -0.25) is 15.4 Å². The molecule has 0 aromatic carbocycles. The minimum absolute atomic E-state index is 0.0964. The van der Waals surface area contributed by atoms with E-state index in [2.05, 4.69) is 31.9 Å². The number of nitro groups is 1. The van der Waals surface area contributed by atoms with Crippen molar-refractivity contribution in [1.82, 2.24) is 9.97 Å². The third-order valence-corrected chi connectivity index (χ3v) is 2.11. The van der Waals surface area contributed by atoms with Crippen LogP contribution in [-0.4, -0.2) is 41.2 Å². The second kappa shape index (κ2) is 7.62. The molecular formula is C11H15N5O5. The maximum absolute atomic E-state index is 11.4. The van der Waals surface area contributed by atoms with E-state index in [1.54, 1.807) is 6.92 Å². The quantitative estimate of drug-likeness (QED) is 0.440. The van der Waals surface area contributed by atoms with Crippen LogP contribution in [0.15, 0.2) is 12.7 Å². The van der Waals surface area contributed by atoms with E-state index in [-0.39, 0.29) is 30.9 Å². The molecule has 0 saturated carbocycles. The number of rotatable bonds is 7. The summed E-state index contributed by atoms with van der Waals surface area (Å²) in [6.45, 7) is 5.29. The summed E-state index contributed by atoms with van der Waals surface area (Å²) in [5.74, 6) is -0.419. The van der Waals surface area contributed by atoms with E-state index in [1.807, 2.05) is 0 Å². The predicted molar refractivity (Wildman–Crippen MR) is 74.6 cm³/mol. The second-order valence-corrected chi connectivity index (χ2v) is 3.50. The molecule has 1 amide bonds. The molecule has 0 atom stereocenters. The van der Waals surface area contributed by atoms with Gasteiger partial charge in [-0.15, -0.1) is 0 Å². The van der Waals surface area contributed by atoms with Crippen LogP contribution < -0.4 is 15.4 Å². The number of carbonyl (C=O) groups is 1. The van der Waals surface area contributed by atoms with Crippen LogP contribution in [0.1, 0.15) is 6.92 Å². The minimum Gasteiger partial charge on any atom is -0.459 e. The molecular weight excluding hydrogens is 282 g/mol. The van der Waals surface area contributed by atoms with E-state index >= 15 is 0 Å². The Morgan fingerprint density at radius 2 is 2.14 bits per heavy atom. The summed E-state index contributed by atoms with van der Waals surface area (Å²) in [6, 6.07) is -0.142. The van der Waals surface area contributed by atoms with E-state index in [4.69, 9.17) is 4.74 Å². The number of carbonyl (C=O) groups excluding carboxylic acids is 1. The Kier molecular flexibility index (Phi) is 5.86. The number of aromatic nitrogens is 2. The first kappa shape index (κ1) is 16.1. The van der Waals surface area contributed by atoms with Crippen molar-refractivity contribution in [2.75, 3.05) is 30.9 Å². The zero-order valence-corrected chi connectivity index (χ0v) is 11.6. The van der Waals surface area contributed by atoms with Gasteiger partial charge in [0.15, 0.2) is 0 Å². The SMILES string of the molecule is C=CCOc1nc(NC)c([N+](=O)[O-])c(NC(=O)OCC)n1. The van der Waals surface area contributed by atoms with Crippen LogP contribution in [0.2, 0.25) is 0 Å². The van der Waals surface area contributed by atoms with E-state index in [0.29, 0.717) is 0 Å². The first-order chi connectivity index (χ1) is 10.0. The third-order valence-electron chi connectivity index (χ3n) is 2.11. The van der Waals surface area contributed by atoms with Crippen LogP contribution in [0.5, 0.6) is 6.01 Å². The number of hydrogen-bond donors (Lipinski definition) is 2. The van der Waals surface area contributed by atoms with Crippen LogP contribution in [0.3, 0.4) is 0 Å². The third kappa shape index (κ3) is 4.30. The average molecular weight is 297 g/mol. The zero-order valence-electron chi connectivity index (χ0n) is 11.6. The van der Waals surface area contributed by atoms with Crippen LogP contribution >= 0.6 is 0 Å². The lowest BCUT2D eigenvalue weighted by Crippen LogP contribution is -2.17. The van der Waals surface area contributed by atoms with Gasteiger partial charge in [-0.05, 0) is 6.92 Å². The zero-order chi connectivity index (χ0) is 15.8. The van der Waals surface area contributed by atoms with Crippen molar-refractivity contribution in [2.45, 2.75) is 6.92 Å². The van der Waals surface area contributed by atoms with Crippen LogP contribution in [-0.2, 0) is 4.74 Å². The molecule has 0 radical (unpaired) electrons. The van der Waals surface area contributed by atoms with Crippen molar-refractivity contribution in [1.29, 1.82) is 0 Å². The Hall–Kier alpha value is -2.91. The summed E-state index contributed by atoms with van der Waals surface area (Å²) in [6.07, 6.45) is 0.596. The maximum Gasteiger partial charge on any atom is 0.412 e. The molecule has 1 aromatic heterocycles.